The molecule has 2 saturated heterocycles. The number of benzene rings is 1. The molecule has 2 aliphatic rings. The van der Waals surface area contributed by atoms with Gasteiger partial charge in [0, 0.05) is 49.8 Å². The zero-order chi connectivity index (χ0) is 21.4. The van der Waals surface area contributed by atoms with Crippen LogP contribution in [0, 0.1) is 0 Å². The Labute approximate surface area is 191 Å². The maximum Gasteiger partial charge on any atom is 0.263 e. The smallest absolute Gasteiger partial charge is 0.263 e. The third-order valence-corrected chi connectivity index (χ3v) is 7.50. The quantitative estimate of drug-likeness (QED) is 0.492. The van der Waals surface area contributed by atoms with Crippen LogP contribution in [0.5, 0.6) is 0 Å². The molecule has 1 aromatic carbocycles. The highest BCUT2D eigenvalue weighted by Gasteiger charge is 2.32. The maximum absolute atomic E-state index is 12.8. The molecule has 6 nitrogen and oxygen atoms in total. The topological polar surface area (TPSA) is 69.3 Å². The van der Waals surface area contributed by atoms with Crippen LogP contribution in [0.15, 0.2) is 36.4 Å². The Morgan fingerprint density at radius 2 is 1.94 bits per heavy atom. The number of fused-ring (bicyclic) bond motifs is 3. The molecule has 31 heavy (non-hydrogen) atoms. The molecule has 3 aromatic rings. The normalized spacial score (nSPS) is 20.3. The van der Waals surface area contributed by atoms with Crippen LogP contribution in [0.25, 0.3) is 10.2 Å². The SMILES string of the molecule is CNc1c(C(=O)NCCc2ccc(N3C[C@H]4CC[C@@H](C3)N4)cc2)sc2nc(Cl)ccc12. The number of piperazine rings is 1. The Balaban J connectivity index is 1.19. The number of pyridine rings is 1. The first-order valence-electron chi connectivity index (χ1n) is 10.8. The molecule has 0 spiro atoms. The van der Waals surface area contributed by atoms with Crippen LogP contribution >= 0.6 is 22.9 Å². The summed E-state index contributed by atoms with van der Waals surface area (Å²) in [6, 6.07) is 13.7. The number of hydrogen-bond donors (Lipinski definition) is 3. The first-order valence-corrected chi connectivity index (χ1v) is 11.9. The van der Waals surface area contributed by atoms with Crippen molar-refractivity contribution in [3.63, 3.8) is 0 Å². The molecule has 0 aliphatic carbocycles. The molecule has 162 valence electrons. The number of aromatic nitrogens is 1. The van der Waals surface area contributed by atoms with E-state index in [0.717, 1.165) is 35.4 Å². The Kier molecular flexibility index (Phi) is 5.73. The fraction of sp³-hybridized carbons (Fsp3) is 0.391. The molecule has 2 fully saturated rings. The van der Waals surface area contributed by atoms with E-state index < -0.39 is 0 Å². The van der Waals surface area contributed by atoms with E-state index in [0.29, 0.717) is 28.7 Å². The van der Waals surface area contributed by atoms with Gasteiger partial charge in [0.1, 0.15) is 14.9 Å². The second-order valence-corrected chi connectivity index (χ2v) is 9.64. The molecule has 2 aliphatic heterocycles. The number of thiophene rings is 1. The van der Waals surface area contributed by atoms with Gasteiger partial charge in [-0.3, -0.25) is 4.79 Å². The summed E-state index contributed by atoms with van der Waals surface area (Å²) in [5, 5.41) is 11.2. The highest BCUT2D eigenvalue weighted by molar-refractivity contribution is 7.21. The van der Waals surface area contributed by atoms with Gasteiger partial charge in [-0.05, 0) is 49.1 Å². The third kappa shape index (κ3) is 4.22. The van der Waals surface area contributed by atoms with E-state index in [4.69, 9.17) is 11.6 Å². The summed E-state index contributed by atoms with van der Waals surface area (Å²) in [4.78, 5) is 21.0. The largest absolute Gasteiger partial charge is 0.386 e. The summed E-state index contributed by atoms with van der Waals surface area (Å²) in [5.41, 5.74) is 3.32. The number of halogens is 1. The molecule has 3 N–H and O–H groups in total. The molecule has 4 heterocycles. The highest BCUT2D eigenvalue weighted by atomic mass is 35.5. The van der Waals surface area contributed by atoms with Crippen LogP contribution in [0.2, 0.25) is 5.15 Å². The van der Waals surface area contributed by atoms with Crippen molar-refractivity contribution in [1.29, 1.82) is 0 Å². The van der Waals surface area contributed by atoms with Crippen molar-refractivity contribution in [2.24, 2.45) is 0 Å². The molecule has 0 unspecified atom stereocenters. The predicted octanol–water partition coefficient (Wildman–Crippen LogP) is 3.90. The van der Waals surface area contributed by atoms with Crippen LogP contribution in [-0.4, -0.2) is 49.7 Å². The van der Waals surface area contributed by atoms with E-state index in [1.165, 1.54) is 35.4 Å². The van der Waals surface area contributed by atoms with E-state index in [1.54, 1.807) is 6.07 Å². The van der Waals surface area contributed by atoms with Crippen LogP contribution in [0.4, 0.5) is 11.4 Å². The molecule has 0 radical (unpaired) electrons. The number of carbonyl (C=O) groups excluding carboxylic acids is 1. The molecule has 8 heteroatoms. The minimum absolute atomic E-state index is 0.0867. The molecule has 2 bridgehead atoms. The Morgan fingerprint density at radius 1 is 1.19 bits per heavy atom. The fourth-order valence-corrected chi connectivity index (χ4v) is 5.94. The third-order valence-electron chi connectivity index (χ3n) is 6.19. The number of nitrogens with one attached hydrogen (secondary N) is 3. The summed E-state index contributed by atoms with van der Waals surface area (Å²) >= 11 is 7.36. The van der Waals surface area contributed by atoms with Gasteiger partial charge in [0.25, 0.3) is 5.91 Å². The van der Waals surface area contributed by atoms with Crippen LogP contribution in [0.3, 0.4) is 0 Å². The van der Waals surface area contributed by atoms with Gasteiger partial charge in [-0.15, -0.1) is 11.3 Å². The number of rotatable bonds is 6. The lowest BCUT2D eigenvalue weighted by Gasteiger charge is -2.34. The first kappa shape index (κ1) is 20.5. The molecule has 1 amide bonds. The minimum Gasteiger partial charge on any atom is -0.386 e. The Hall–Kier alpha value is -2.35. The standard InChI is InChI=1S/C23H26ClN5OS/c1-25-20-18-8-9-19(24)28-23(18)31-21(20)22(30)26-11-10-14-2-6-17(7-3-14)29-12-15-4-5-16(13-29)27-15/h2-3,6-9,15-16,25,27H,4-5,10-13H2,1H3,(H,26,30)/t15-,16+. The van der Waals surface area contributed by atoms with Gasteiger partial charge in [0.2, 0.25) is 0 Å². The van der Waals surface area contributed by atoms with Crippen molar-refractivity contribution in [3.05, 3.63) is 52.0 Å². The Bertz CT molecular complexity index is 1090. The number of hydrogen-bond acceptors (Lipinski definition) is 6. The highest BCUT2D eigenvalue weighted by Crippen LogP contribution is 2.35. The zero-order valence-corrected chi connectivity index (χ0v) is 19.0. The average molecular weight is 456 g/mol. The zero-order valence-electron chi connectivity index (χ0n) is 17.5. The Morgan fingerprint density at radius 3 is 2.65 bits per heavy atom. The van der Waals surface area contributed by atoms with Gasteiger partial charge in [-0.25, -0.2) is 4.98 Å². The lowest BCUT2D eigenvalue weighted by Crippen LogP contribution is -2.51. The monoisotopic (exact) mass is 455 g/mol. The number of amides is 1. The number of nitrogens with zero attached hydrogens (tertiary/aromatic N) is 2. The first-order chi connectivity index (χ1) is 15.1. The fourth-order valence-electron chi connectivity index (χ4n) is 4.65. The molecule has 0 saturated carbocycles. The van der Waals surface area contributed by atoms with E-state index in [1.807, 2.05) is 13.1 Å². The lowest BCUT2D eigenvalue weighted by molar-refractivity contribution is 0.0959. The van der Waals surface area contributed by atoms with E-state index >= 15 is 0 Å². The maximum atomic E-state index is 12.8. The molecule has 2 aromatic heterocycles. The van der Waals surface area contributed by atoms with Crippen molar-refractivity contribution < 1.29 is 4.79 Å². The van der Waals surface area contributed by atoms with Gasteiger partial charge in [0.15, 0.2) is 0 Å². The van der Waals surface area contributed by atoms with E-state index in [-0.39, 0.29) is 5.91 Å². The van der Waals surface area contributed by atoms with Crippen molar-refractivity contribution in [2.45, 2.75) is 31.3 Å². The van der Waals surface area contributed by atoms with Gasteiger partial charge in [-0.1, -0.05) is 23.7 Å². The van der Waals surface area contributed by atoms with Crippen LogP contribution < -0.4 is 20.9 Å². The van der Waals surface area contributed by atoms with Gasteiger partial charge < -0.3 is 20.9 Å². The summed E-state index contributed by atoms with van der Waals surface area (Å²) in [6.45, 7) is 2.77. The summed E-state index contributed by atoms with van der Waals surface area (Å²) in [5.74, 6) is -0.0867. The lowest BCUT2D eigenvalue weighted by atomic mass is 10.1. The number of anilines is 2. The average Bonchev–Trinajstić information content (AvgIpc) is 3.32. The van der Waals surface area contributed by atoms with Crippen molar-refractivity contribution in [2.75, 3.05) is 36.9 Å². The second-order valence-electron chi connectivity index (χ2n) is 8.26. The summed E-state index contributed by atoms with van der Waals surface area (Å²) < 4.78 is 0. The van der Waals surface area contributed by atoms with Crippen LogP contribution in [-0.2, 0) is 6.42 Å². The van der Waals surface area contributed by atoms with Crippen molar-refractivity contribution in [1.82, 2.24) is 15.6 Å². The summed E-state index contributed by atoms with van der Waals surface area (Å²) in [7, 11) is 1.82. The van der Waals surface area contributed by atoms with E-state index in [2.05, 4.69) is 50.1 Å². The predicted molar refractivity (Wildman–Crippen MR) is 129 cm³/mol. The second kappa shape index (κ2) is 8.65. The van der Waals surface area contributed by atoms with Gasteiger partial charge >= 0.3 is 0 Å². The van der Waals surface area contributed by atoms with Crippen molar-refractivity contribution in [3.8, 4) is 0 Å². The number of carbonyl (C=O) groups is 1. The minimum atomic E-state index is -0.0867. The van der Waals surface area contributed by atoms with Gasteiger partial charge in [0.05, 0.1) is 5.69 Å². The van der Waals surface area contributed by atoms with Crippen molar-refractivity contribution >= 4 is 50.4 Å². The van der Waals surface area contributed by atoms with Crippen LogP contribution in [0.1, 0.15) is 28.1 Å². The molecule has 5 rings (SSSR count). The molecule has 2 atom stereocenters. The molecular formula is C23H26ClN5OS. The van der Waals surface area contributed by atoms with E-state index in [9.17, 15) is 4.79 Å². The molecular weight excluding hydrogens is 430 g/mol. The van der Waals surface area contributed by atoms with Gasteiger partial charge in [-0.2, -0.15) is 0 Å². The summed E-state index contributed by atoms with van der Waals surface area (Å²) in [6.07, 6.45) is 3.37.